The average molecular weight is 376 g/mol. The van der Waals surface area contributed by atoms with Crippen LogP contribution >= 0.6 is 24.0 Å². The predicted octanol–water partition coefficient (Wildman–Crippen LogP) is 2.22. The number of carbonyl (C=O) groups excluding carboxylic acids is 2. The summed E-state index contributed by atoms with van der Waals surface area (Å²) in [6, 6.07) is 5.12. The lowest BCUT2D eigenvalue weighted by Gasteiger charge is -2.12. The van der Waals surface area contributed by atoms with E-state index in [2.05, 4.69) is 16.0 Å². The normalized spacial score (nSPS) is 16.3. The van der Waals surface area contributed by atoms with Gasteiger partial charge in [0.1, 0.15) is 0 Å². The van der Waals surface area contributed by atoms with Gasteiger partial charge in [-0.3, -0.25) is 9.59 Å². The summed E-state index contributed by atoms with van der Waals surface area (Å²) in [6.07, 6.45) is 2.57. The molecule has 8 heteroatoms. The van der Waals surface area contributed by atoms with Gasteiger partial charge in [-0.15, -0.1) is 12.4 Å². The lowest BCUT2D eigenvalue weighted by atomic mass is 10.1. The van der Waals surface area contributed by atoms with Gasteiger partial charge in [-0.05, 0) is 37.6 Å². The van der Waals surface area contributed by atoms with Crippen molar-refractivity contribution in [3.63, 3.8) is 0 Å². The number of carbonyl (C=O) groups is 2. The fourth-order valence-corrected chi connectivity index (χ4v) is 2.77. The second-order valence-corrected chi connectivity index (χ2v) is 5.90. The first-order chi connectivity index (χ1) is 11.1. The lowest BCUT2D eigenvalue weighted by Crippen LogP contribution is -2.28. The Kier molecular flexibility index (Phi) is 9.07. The highest BCUT2D eigenvalue weighted by molar-refractivity contribution is 6.34. The Morgan fingerprint density at radius 2 is 2.21 bits per heavy atom. The topological polar surface area (TPSA) is 79.5 Å². The molecule has 2 amide bonds. The highest BCUT2D eigenvalue weighted by Gasteiger charge is 2.18. The maximum atomic E-state index is 12.0. The summed E-state index contributed by atoms with van der Waals surface area (Å²) in [5.74, 6) is -0.321. The molecule has 1 aliphatic heterocycles. The van der Waals surface area contributed by atoms with Gasteiger partial charge in [0.2, 0.25) is 5.91 Å². The number of methoxy groups -OCH3 is 1. The maximum Gasteiger partial charge on any atom is 0.252 e. The standard InChI is InChI=1S/C16H22ClN3O3.ClH/c1-23-8-7-19-16(22)13-5-4-12(9-14(13)17)20-15(21)10-11-3-2-6-18-11;/h4-5,9,11,18H,2-3,6-8,10H2,1H3,(H,19,22)(H,20,21);1H. The number of benzene rings is 1. The zero-order chi connectivity index (χ0) is 16.7. The van der Waals surface area contributed by atoms with E-state index < -0.39 is 0 Å². The molecule has 0 spiro atoms. The third-order valence-electron chi connectivity index (χ3n) is 3.68. The van der Waals surface area contributed by atoms with Crippen molar-refractivity contribution in [3.8, 4) is 0 Å². The minimum absolute atomic E-state index is 0. The molecule has 0 saturated carbocycles. The van der Waals surface area contributed by atoms with Crippen LogP contribution in [0.1, 0.15) is 29.6 Å². The van der Waals surface area contributed by atoms with Gasteiger partial charge in [0.05, 0.1) is 17.2 Å². The Labute approximate surface area is 153 Å². The minimum Gasteiger partial charge on any atom is -0.383 e. The molecule has 3 N–H and O–H groups in total. The van der Waals surface area contributed by atoms with Gasteiger partial charge in [0, 0.05) is 31.8 Å². The highest BCUT2D eigenvalue weighted by Crippen LogP contribution is 2.21. The van der Waals surface area contributed by atoms with Crippen molar-refractivity contribution < 1.29 is 14.3 Å². The first kappa shape index (κ1) is 20.7. The number of hydrogen-bond donors (Lipinski definition) is 3. The van der Waals surface area contributed by atoms with Crippen LogP contribution in [0.25, 0.3) is 0 Å². The smallest absolute Gasteiger partial charge is 0.252 e. The number of ether oxygens (including phenoxy) is 1. The second-order valence-electron chi connectivity index (χ2n) is 5.49. The first-order valence-electron chi connectivity index (χ1n) is 7.70. The lowest BCUT2D eigenvalue weighted by molar-refractivity contribution is -0.116. The SMILES string of the molecule is COCCNC(=O)c1ccc(NC(=O)CC2CCCN2)cc1Cl.Cl. The molecule has 1 atom stereocenters. The summed E-state index contributed by atoms with van der Waals surface area (Å²) >= 11 is 6.14. The van der Waals surface area contributed by atoms with Crippen molar-refractivity contribution in [1.82, 2.24) is 10.6 Å². The number of amides is 2. The summed E-state index contributed by atoms with van der Waals surface area (Å²) in [5, 5.41) is 9.10. The number of hydrogen-bond acceptors (Lipinski definition) is 4. The molecule has 6 nitrogen and oxygen atoms in total. The maximum absolute atomic E-state index is 12.0. The summed E-state index contributed by atoms with van der Waals surface area (Å²) in [5.41, 5.74) is 0.963. The summed E-state index contributed by atoms with van der Waals surface area (Å²) < 4.78 is 4.88. The second kappa shape index (κ2) is 10.5. The van der Waals surface area contributed by atoms with Gasteiger partial charge in [0.25, 0.3) is 5.91 Å². The summed E-state index contributed by atoms with van der Waals surface area (Å²) in [7, 11) is 1.57. The first-order valence-corrected chi connectivity index (χ1v) is 8.08. The van der Waals surface area contributed by atoms with E-state index in [1.807, 2.05) is 0 Å². The Bertz CT molecular complexity index is 563. The molecule has 1 aliphatic rings. The molecule has 134 valence electrons. The van der Waals surface area contributed by atoms with Crippen LogP contribution in [-0.4, -0.2) is 44.7 Å². The molecular formula is C16H23Cl2N3O3. The quantitative estimate of drug-likeness (QED) is 0.638. The van der Waals surface area contributed by atoms with Gasteiger partial charge >= 0.3 is 0 Å². The molecule has 2 rings (SSSR count). The fourth-order valence-electron chi connectivity index (χ4n) is 2.51. The minimum atomic E-state index is -0.264. The van der Waals surface area contributed by atoms with E-state index in [-0.39, 0.29) is 30.3 Å². The summed E-state index contributed by atoms with van der Waals surface area (Å²) in [6.45, 7) is 1.82. The molecule has 24 heavy (non-hydrogen) atoms. The van der Waals surface area contributed by atoms with Crippen LogP contribution in [0.5, 0.6) is 0 Å². The zero-order valence-corrected chi connectivity index (χ0v) is 15.1. The van der Waals surface area contributed by atoms with Crippen molar-refractivity contribution >= 4 is 41.5 Å². The molecular weight excluding hydrogens is 353 g/mol. The van der Waals surface area contributed by atoms with Crippen molar-refractivity contribution in [1.29, 1.82) is 0 Å². The predicted molar refractivity (Wildman–Crippen MR) is 97.2 cm³/mol. The van der Waals surface area contributed by atoms with Crippen LogP contribution in [0.2, 0.25) is 5.02 Å². The number of rotatable bonds is 7. The van der Waals surface area contributed by atoms with Crippen LogP contribution in [0.4, 0.5) is 5.69 Å². The van der Waals surface area contributed by atoms with Gasteiger partial charge in [-0.1, -0.05) is 11.6 Å². The molecule has 1 unspecified atom stereocenters. The Hall–Kier alpha value is -1.34. The van der Waals surface area contributed by atoms with Crippen LogP contribution in [0, 0.1) is 0 Å². The molecule has 0 aliphatic carbocycles. The van der Waals surface area contributed by atoms with Crippen molar-refractivity contribution in [2.45, 2.75) is 25.3 Å². The fraction of sp³-hybridized carbons (Fsp3) is 0.500. The molecule has 1 heterocycles. The van der Waals surface area contributed by atoms with Crippen molar-refractivity contribution in [2.24, 2.45) is 0 Å². The van der Waals surface area contributed by atoms with Crippen LogP contribution in [-0.2, 0) is 9.53 Å². The van der Waals surface area contributed by atoms with E-state index in [4.69, 9.17) is 16.3 Å². The monoisotopic (exact) mass is 375 g/mol. The Morgan fingerprint density at radius 3 is 2.83 bits per heavy atom. The van der Waals surface area contributed by atoms with Crippen molar-refractivity contribution in [3.05, 3.63) is 28.8 Å². The van der Waals surface area contributed by atoms with Gasteiger partial charge < -0.3 is 20.7 Å². The molecule has 1 aromatic rings. The molecule has 1 saturated heterocycles. The van der Waals surface area contributed by atoms with E-state index in [1.54, 1.807) is 25.3 Å². The largest absolute Gasteiger partial charge is 0.383 e. The Balaban J connectivity index is 0.00000288. The molecule has 0 bridgehead atoms. The van der Waals surface area contributed by atoms with E-state index in [0.717, 1.165) is 19.4 Å². The van der Waals surface area contributed by atoms with Crippen LogP contribution in [0.15, 0.2) is 18.2 Å². The summed E-state index contributed by atoms with van der Waals surface area (Å²) in [4.78, 5) is 23.9. The van der Waals surface area contributed by atoms with E-state index >= 15 is 0 Å². The van der Waals surface area contributed by atoms with E-state index in [0.29, 0.717) is 35.8 Å². The van der Waals surface area contributed by atoms with Crippen LogP contribution in [0.3, 0.4) is 0 Å². The van der Waals surface area contributed by atoms with Crippen molar-refractivity contribution in [2.75, 3.05) is 32.1 Å². The third kappa shape index (κ3) is 6.28. The highest BCUT2D eigenvalue weighted by atomic mass is 35.5. The molecule has 0 aromatic heterocycles. The molecule has 1 aromatic carbocycles. The zero-order valence-electron chi connectivity index (χ0n) is 13.6. The van der Waals surface area contributed by atoms with Crippen LogP contribution < -0.4 is 16.0 Å². The van der Waals surface area contributed by atoms with Gasteiger partial charge in [-0.2, -0.15) is 0 Å². The number of anilines is 1. The molecule has 0 radical (unpaired) electrons. The van der Waals surface area contributed by atoms with Gasteiger partial charge in [0.15, 0.2) is 0 Å². The van der Waals surface area contributed by atoms with Gasteiger partial charge in [-0.25, -0.2) is 0 Å². The third-order valence-corrected chi connectivity index (χ3v) is 4.00. The molecule has 1 fully saturated rings. The van der Waals surface area contributed by atoms with E-state index in [9.17, 15) is 9.59 Å². The number of nitrogens with one attached hydrogen (secondary N) is 3. The Morgan fingerprint density at radius 1 is 1.42 bits per heavy atom. The van der Waals surface area contributed by atoms with E-state index in [1.165, 1.54) is 0 Å². The number of halogens is 2. The average Bonchev–Trinajstić information content (AvgIpc) is 3.00.